The van der Waals surface area contributed by atoms with E-state index in [0.29, 0.717) is 23.3 Å². The second kappa shape index (κ2) is 8.38. The molecule has 4 N–H and O–H groups in total. The van der Waals surface area contributed by atoms with Crippen LogP contribution in [0.15, 0.2) is 58.3 Å². The van der Waals surface area contributed by atoms with Gasteiger partial charge in [0.15, 0.2) is 0 Å². The highest BCUT2D eigenvalue weighted by molar-refractivity contribution is 7.86. The predicted octanol–water partition coefficient (Wildman–Crippen LogP) is 3.08. The first-order valence-corrected chi connectivity index (χ1v) is 13.0. The fraction of sp³-hybridized carbons (Fsp3) is 0. The summed E-state index contributed by atoms with van der Waals surface area (Å²) in [6.07, 6.45) is 0. The molecule has 0 unspecified atom stereocenters. The van der Waals surface area contributed by atoms with Crippen molar-refractivity contribution >= 4 is 53.7 Å². The van der Waals surface area contributed by atoms with Crippen molar-refractivity contribution in [3.8, 4) is 22.8 Å². The van der Waals surface area contributed by atoms with Crippen molar-refractivity contribution in [1.82, 2.24) is 19.9 Å². The smallest absolute Gasteiger partial charge is 0.297 e. The lowest BCUT2D eigenvalue weighted by molar-refractivity contribution is -0.385. The molecule has 0 saturated heterocycles. The summed E-state index contributed by atoms with van der Waals surface area (Å²) >= 11 is 0. The number of benzene rings is 3. The topological polar surface area (TPSA) is 252 Å². The third-order valence-corrected chi connectivity index (χ3v) is 7.22. The maximum atomic E-state index is 11.8. The molecular formula is C20H12N6O10S2. The summed E-state index contributed by atoms with van der Waals surface area (Å²) in [6.45, 7) is 0. The average molecular weight is 560 g/mol. The molecule has 0 amide bonds. The number of nitrogens with zero attached hydrogens (tertiary/aromatic N) is 4. The van der Waals surface area contributed by atoms with Crippen molar-refractivity contribution in [3.63, 3.8) is 0 Å². The van der Waals surface area contributed by atoms with E-state index in [1.54, 1.807) is 0 Å². The van der Waals surface area contributed by atoms with E-state index in [9.17, 15) is 46.2 Å². The first-order chi connectivity index (χ1) is 17.7. The second-order valence-corrected chi connectivity index (χ2v) is 10.7. The van der Waals surface area contributed by atoms with E-state index in [0.717, 1.165) is 12.1 Å². The van der Waals surface area contributed by atoms with Crippen molar-refractivity contribution in [2.45, 2.75) is 9.79 Å². The SMILES string of the molecule is O=[N+]([O-])c1cc(S(=O)(=O)O)c2nc(-c3ccc(-c4nc5c(S(=O)(=O)O)cc([N+](=O)[O-])cc5[nH]4)cc3)[nH]c2c1. The molecule has 0 spiro atoms. The Balaban J connectivity index is 1.59. The number of nitro groups is 2. The highest BCUT2D eigenvalue weighted by Crippen LogP contribution is 2.32. The van der Waals surface area contributed by atoms with E-state index < -0.39 is 51.2 Å². The lowest BCUT2D eigenvalue weighted by Crippen LogP contribution is -2.01. The molecule has 5 rings (SSSR count). The normalized spacial score (nSPS) is 12.3. The van der Waals surface area contributed by atoms with Gasteiger partial charge in [0.25, 0.3) is 31.6 Å². The molecule has 18 heteroatoms. The Kier molecular flexibility index (Phi) is 5.49. The Morgan fingerprint density at radius 2 is 1.00 bits per heavy atom. The summed E-state index contributed by atoms with van der Waals surface area (Å²) < 4.78 is 66.1. The molecule has 0 fully saturated rings. The van der Waals surface area contributed by atoms with Crippen LogP contribution in [0.4, 0.5) is 11.4 Å². The number of nitrogens with one attached hydrogen (secondary N) is 2. The van der Waals surface area contributed by atoms with E-state index in [1.165, 1.54) is 24.3 Å². The molecule has 0 bridgehead atoms. The van der Waals surface area contributed by atoms with Crippen LogP contribution in [0.5, 0.6) is 0 Å². The van der Waals surface area contributed by atoms with Crippen LogP contribution >= 0.6 is 0 Å². The highest BCUT2D eigenvalue weighted by Gasteiger charge is 2.25. The zero-order valence-electron chi connectivity index (χ0n) is 18.4. The first kappa shape index (κ1) is 24.9. The van der Waals surface area contributed by atoms with Crippen LogP contribution in [0.2, 0.25) is 0 Å². The Labute approximate surface area is 210 Å². The molecule has 2 aromatic heterocycles. The van der Waals surface area contributed by atoms with E-state index in [1.807, 2.05) is 0 Å². The molecule has 3 aromatic carbocycles. The minimum atomic E-state index is -4.83. The molecule has 16 nitrogen and oxygen atoms in total. The minimum Gasteiger partial charge on any atom is -0.338 e. The van der Waals surface area contributed by atoms with Gasteiger partial charge in [-0.05, 0) is 0 Å². The van der Waals surface area contributed by atoms with Gasteiger partial charge in [0.1, 0.15) is 32.5 Å². The van der Waals surface area contributed by atoms with Gasteiger partial charge in [0.05, 0.1) is 20.9 Å². The second-order valence-electron chi connectivity index (χ2n) is 7.89. The maximum absolute atomic E-state index is 11.8. The number of aromatic amines is 2. The summed E-state index contributed by atoms with van der Waals surface area (Å²) in [7, 11) is -9.67. The molecule has 0 aliphatic rings. The maximum Gasteiger partial charge on any atom is 0.297 e. The summed E-state index contributed by atoms with van der Waals surface area (Å²) in [5.74, 6) is 0.233. The fourth-order valence-electron chi connectivity index (χ4n) is 3.81. The number of H-pyrrole nitrogens is 2. The fourth-order valence-corrected chi connectivity index (χ4v) is 5.15. The van der Waals surface area contributed by atoms with Crippen LogP contribution < -0.4 is 0 Å². The van der Waals surface area contributed by atoms with E-state index in [-0.39, 0.29) is 33.7 Å². The van der Waals surface area contributed by atoms with Crippen molar-refractivity contribution in [2.24, 2.45) is 0 Å². The third kappa shape index (κ3) is 4.32. The quantitative estimate of drug-likeness (QED) is 0.133. The predicted molar refractivity (Wildman–Crippen MR) is 130 cm³/mol. The van der Waals surface area contributed by atoms with Crippen molar-refractivity contribution in [2.75, 3.05) is 0 Å². The molecule has 5 aromatic rings. The van der Waals surface area contributed by atoms with Crippen molar-refractivity contribution in [1.29, 1.82) is 0 Å². The lowest BCUT2D eigenvalue weighted by Gasteiger charge is -2.00. The summed E-state index contributed by atoms with van der Waals surface area (Å²) in [6, 6.07) is 9.60. The lowest BCUT2D eigenvalue weighted by atomic mass is 10.1. The average Bonchev–Trinajstić information content (AvgIpc) is 3.45. The van der Waals surface area contributed by atoms with Gasteiger partial charge in [-0.25, -0.2) is 9.97 Å². The van der Waals surface area contributed by atoms with Gasteiger partial charge in [0.2, 0.25) is 0 Å². The van der Waals surface area contributed by atoms with Gasteiger partial charge < -0.3 is 9.97 Å². The first-order valence-electron chi connectivity index (χ1n) is 10.1. The number of rotatable bonds is 6. The molecule has 0 radical (unpaired) electrons. The molecule has 194 valence electrons. The van der Waals surface area contributed by atoms with Crippen LogP contribution in [0.3, 0.4) is 0 Å². The van der Waals surface area contributed by atoms with Gasteiger partial charge in [-0.15, -0.1) is 0 Å². The Bertz CT molecular complexity index is 1880. The van der Waals surface area contributed by atoms with Gasteiger partial charge in [-0.1, -0.05) is 24.3 Å². The number of non-ortho nitro benzene ring substituents is 2. The van der Waals surface area contributed by atoms with Crippen LogP contribution in [0, 0.1) is 20.2 Å². The molecule has 0 atom stereocenters. The van der Waals surface area contributed by atoms with Crippen molar-refractivity contribution in [3.05, 3.63) is 68.8 Å². The Hall–Kier alpha value is -4.78. The third-order valence-electron chi connectivity index (χ3n) is 5.48. The number of hydrogen-bond donors (Lipinski definition) is 4. The van der Waals surface area contributed by atoms with Crippen molar-refractivity contribution < 1.29 is 35.8 Å². The summed E-state index contributed by atoms with van der Waals surface area (Å²) in [5, 5.41) is 22.3. The van der Waals surface area contributed by atoms with E-state index >= 15 is 0 Å². The van der Waals surface area contributed by atoms with Crippen LogP contribution in [0.1, 0.15) is 0 Å². The molecule has 0 aliphatic heterocycles. The Morgan fingerprint density at radius 1 is 0.658 bits per heavy atom. The molecule has 0 aliphatic carbocycles. The number of fused-ring (bicyclic) bond motifs is 2. The van der Waals surface area contributed by atoms with Crippen LogP contribution in [0.25, 0.3) is 44.8 Å². The van der Waals surface area contributed by atoms with E-state index in [4.69, 9.17) is 0 Å². The summed E-state index contributed by atoms with van der Waals surface area (Å²) in [4.78, 5) is 33.1. The monoisotopic (exact) mass is 560 g/mol. The van der Waals surface area contributed by atoms with Gasteiger partial charge in [-0.2, -0.15) is 16.8 Å². The van der Waals surface area contributed by atoms with Crippen LogP contribution in [-0.2, 0) is 20.2 Å². The molecule has 2 heterocycles. The summed E-state index contributed by atoms with van der Waals surface area (Å²) in [5.41, 5.74) is -0.804. The van der Waals surface area contributed by atoms with Crippen LogP contribution in [-0.4, -0.2) is 55.7 Å². The molecular weight excluding hydrogens is 548 g/mol. The zero-order valence-corrected chi connectivity index (χ0v) is 20.0. The number of aromatic nitrogens is 4. The minimum absolute atomic E-state index is 0.0116. The number of imidazole rings is 2. The van der Waals surface area contributed by atoms with Gasteiger partial charge in [-0.3, -0.25) is 29.3 Å². The standard InChI is InChI=1S/C20H12N6O10S2/c27-25(28)11-5-13-17(15(7-11)37(31,32)33)23-19(21-13)9-1-2-10(4-3-9)20-22-14-6-12(26(29)30)8-16(18(14)24-20)38(34,35)36/h1-8H,(H,21,23)(H,22,24)(H,31,32,33)(H,34,35,36). The molecule has 38 heavy (non-hydrogen) atoms. The molecule has 0 saturated carbocycles. The van der Waals surface area contributed by atoms with Gasteiger partial charge in [0, 0.05) is 35.4 Å². The highest BCUT2D eigenvalue weighted by atomic mass is 32.2. The number of nitro benzene ring substituents is 2. The van der Waals surface area contributed by atoms with E-state index in [2.05, 4.69) is 19.9 Å². The zero-order chi connectivity index (χ0) is 27.6. The Morgan fingerprint density at radius 3 is 1.29 bits per heavy atom. The largest absolute Gasteiger partial charge is 0.338 e. The number of hydrogen-bond acceptors (Lipinski definition) is 10. The van der Waals surface area contributed by atoms with Gasteiger partial charge >= 0.3 is 0 Å².